The summed E-state index contributed by atoms with van der Waals surface area (Å²) in [6, 6.07) is 15.1. The van der Waals surface area contributed by atoms with Crippen LogP contribution in [0.5, 0.6) is 5.75 Å². The zero-order chi connectivity index (χ0) is 18.7. The number of hydrogen-bond donors (Lipinski definition) is 0. The molecular formula is C19H17ClN2O3S. The highest BCUT2D eigenvalue weighted by molar-refractivity contribution is 7.98. The van der Waals surface area contributed by atoms with Crippen molar-refractivity contribution in [2.45, 2.75) is 4.90 Å². The van der Waals surface area contributed by atoms with Gasteiger partial charge in [0.25, 0.3) is 0 Å². The maximum absolute atomic E-state index is 12.0. The van der Waals surface area contributed by atoms with E-state index in [2.05, 4.69) is 5.10 Å². The van der Waals surface area contributed by atoms with Crippen LogP contribution >= 0.6 is 23.4 Å². The van der Waals surface area contributed by atoms with Gasteiger partial charge in [-0.1, -0.05) is 23.7 Å². The second kappa shape index (κ2) is 7.85. The van der Waals surface area contributed by atoms with Gasteiger partial charge in [0.2, 0.25) is 0 Å². The molecule has 0 aliphatic rings. The molecule has 3 rings (SSSR count). The Balaban J connectivity index is 2.16. The molecule has 3 aromatic rings. The second-order valence-corrected chi connectivity index (χ2v) is 6.65. The third-order valence-corrected chi connectivity index (χ3v) is 4.92. The molecule has 0 fully saturated rings. The van der Waals surface area contributed by atoms with Gasteiger partial charge in [-0.15, -0.1) is 11.8 Å². The fourth-order valence-corrected chi connectivity index (χ4v) is 3.13. The number of nitrogens with zero attached hydrogens (tertiary/aromatic N) is 2. The SMILES string of the molecule is COC(=O)c1cc(-c2ccc(SC)cc2)n(-c2ccc(Cl)c(OC)c2)n1. The van der Waals surface area contributed by atoms with E-state index in [9.17, 15) is 4.79 Å². The van der Waals surface area contributed by atoms with Gasteiger partial charge in [0, 0.05) is 16.5 Å². The third-order valence-electron chi connectivity index (χ3n) is 3.87. The van der Waals surface area contributed by atoms with Crippen LogP contribution in [0.2, 0.25) is 5.02 Å². The van der Waals surface area contributed by atoms with Gasteiger partial charge in [0.1, 0.15) is 5.75 Å². The summed E-state index contributed by atoms with van der Waals surface area (Å²) in [5, 5.41) is 4.92. The third kappa shape index (κ3) is 3.57. The molecule has 0 spiro atoms. The number of carbonyl (C=O) groups is 1. The van der Waals surface area contributed by atoms with Crippen LogP contribution in [0, 0.1) is 0 Å². The van der Waals surface area contributed by atoms with Gasteiger partial charge in [-0.2, -0.15) is 5.10 Å². The monoisotopic (exact) mass is 388 g/mol. The minimum atomic E-state index is -0.494. The first kappa shape index (κ1) is 18.4. The molecule has 26 heavy (non-hydrogen) atoms. The molecule has 0 aliphatic heterocycles. The van der Waals surface area contributed by atoms with E-state index in [4.69, 9.17) is 21.1 Å². The minimum Gasteiger partial charge on any atom is -0.495 e. The number of thioether (sulfide) groups is 1. The van der Waals surface area contributed by atoms with Gasteiger partial charge in [0.15, 0.2) is 5.69 Å². The Labute approximate surface area is 160 Å². The molecule has 134 valence electrons. The normalized spacial score (nSPS) is 10.6. The molecular weight excluding hydrogens is 372 g/mol. The van der Waals surface area contributed by atoms with Crippen LogP contribution in [-0.2, 0) is 4.74 Å². The summed E-state index contributed by atoms with van der Waals surface area (Å²) >= 11 is 7.79. The molecule has 0 bridgehead atoms. The number of ether oxygens (including phenoxy) is 2. The van der Waals surface area contributed by atoms with Crippen LogP contribution < -0.4 is 4.74 Å². The highest BCUT2D eigenvalue weighted by Crippen LogP contribution is 2.30. The fourth-order valence-electron chi connectivity index (χ4n) is 2.53. The van der Waals surface area contributed by atoms with E-state index in [1.54, 1.807) is 41.8 Å². The van der Waals surface area contributed by atoms with Gasteiger partial charge in [-0.3, -0.25) is 0 Å². The van der Waals surface area contributed by atoms with Crippen LogP contribution in [0.1, 0.15) is 10.5 Å². The molecule has 0 saturated heterocycles. The Hall–Kier alpha value is -2.44. The van der Waals surface area contributed by atoms with Crippen molar-refractivity contribution in [3.63, 3.8) is 0 Å². The van der Waals surface area contributed by atoms with Gasteiger partial charge in [-0.25, -0.2) is 9.48 Å². The van der Waals surface area contributed by atoms with Crippen molar-refractivity contribution in [2.75, 3.05) is 20.5 Å². The van der Waals surface area contributed by atoms with Crippen LogP contribution in [0.25, 0.3) is 16.9 Å². The van der Waals surface area contributed by atoms with Crippen molar-refractivity contribution in [1.82, 2.24) is 9.78 Å². The molecule has 0 aliphatic carbocycles. The number of methoxy groups -OCH3 is 2. The number of rotatable bonds is 5. The van der Waals surface area contributed by atoms with Crippen molar-refractivity contribution in [3.8, 4) is 22.7 Å². The second-order valence-electron chi connectivity index (χ2n) is 5.37. The quantitative estimate of drug-likeness (QED) is 0.468. The topological polar surface area (TPSA) is 53.4 Å². The van der Waals surface area contributed by atoms with Gasteiger partial charge < -0.3 is 9.47 Å². The Bertz CT molecular complexity index is 938. The zero-order valence-corrected chi connectivity index (χ0v) is 16.1. The number of hydrogen-bond acceptors (Lipinski definition) is 5. The first-order valence-corrected chi connectivity index (χ1v) is 9.34. The lowest BCUT2D eigenvalue weighted by molar-refractivity contribution is 0.0593. The van der Waals surface area contributed by atoms with E-state index in [1.165, 1.54) is 7.11 Å². The summed E-state index contributed by atoms with van der Waals surface area (Å²) in [4.78, 5) is 13.1. The molecule has 0 N–H and O–H groups in total. The van der Waals surface area contributed by atoms with Crippen molar-refractivity contribution < 1.29 is 14.3 Å². The summed E-state index contributed by atoms with van der Waals surface area (Å²) < 4.78 is 11.8. The smallest absolute Gasteiger partial charge is 0.358 e. The molecule has 2 aromatic carbocycles. The Morgan fingerprint density at radius 1 is 1.12 bits per heavy atom. The standard InChI is InChI=1S/C19H17ClN2O3S/c1-24-18-10-13(6-9-15(18)20)22-17(11-16(21-22)19(23)25-2)12-4-7-14(26-3)8-5-12/h4-11H,1-3H3. The molecule has 0 saturated carbocycles. The summed E-state index contributed by atoms with van der Waals surface area (Å²) in [7, 11) is 2.88. The molecule has 0 atom stereocenters. The molecule has 1 aromatic heterocycles. The van der Waals surface area contributed by atoms with Crippen LogP contribution in [0.4, 0.5) is 0 Å². The van der Waals surface area contributed by atoms with Crippen molar-refractivity contribution in [1.29, 1.82) is 0 Å². The average Bonchev–Trinajstić information content (AvgIpc) is 3.13. The summed E-state index contributed by atoms with van der Waals surface area (Å²) in [6.07, 6.45) is 2.02. The molecule has 1 heterocycles. The molecule has 0 amide bonds. The van der Waals surface area contributed by atoms with Crippen molar-refractivity contribution in [3.05, 3.63) is 59.2 Å². The number of carbonyl (C=O) groups excluding carboxylic acids is 1. The highest BCUT2D eigenvalue weighted by Gasteiger charge is 2.18. The summed E-state index contributed by atoms with van der Waals surface area (Å²) in [5.41, 5.74) is 2.65. The van der Waals surface area contributed by atoms with Crippen LogP contribution in [0.3, 0.4) is 0 Å². The van der Waals surface area contributed by atoms with Crippen molar-refractivity contribution in [2.24, 2.45) is 0 Å². The molecule has 5 nitrogen and oxygen atoms in total. The number of halogens is 1. The lowest BCUT2D eigenvalue weighted by atomic mass is 10.1. The van der Waals surface area contributed by atoms with E-state index < -0.39 is 5.97 Å². The van der Waals surface area contributed by atoms with Gasteiger partial charge >= 0.3 is 5.97 Å². The largest absolute Gasteiger partial charge is 0.495 e. The molecule has 7 heteroatoms. The lowest BCUT2D eigenvalue weighted by Gasteiger charge is -2.10. The predicted octanol–water partition coefficient (Wildman–Crippen LogP) is 4.71. The number of benzene rings is 2. The Morgan fingerprint density at radius 3 is 2.46 bits per heavy atom. The highest BCUT2D eigenvalue weighted by atomic mass is 35.5. The lowest BCUT2D eigenvalue weighted by Crippen LogP contribution is -2.04. The number of esters is 1. The first-order valence-electron chi connectivity index (χ1n) is 7.74. The van der Waals surface area contributed by atoms with E-state index >= 15 is 0 Å². The minimum absolute atomic E-state index is 0.227. The molecule has 0 unspecified atom stereocenters. The number of aromatic nitrogens is 2. The Morgan fingerprint density at radius 2 is 1.85 bits per heavy atom. The average molecular weight is 389 g/mol. The molecule has 0 radical (unpaired) electrons. The summed E-state index contributed by atoms with van der Waals surface area (Å²) in [5.74, 6) is 0.0367. The van der Waals surface area contributed by atoms with E-state index in [1.807, 2.05) is 36.6 Å². The fraction of sp³-hybridized carbons (Fsp3) is 0.158. The maximum Gasteiger partial charge on any atom is 0.358 e. The predicted molar refractivity (Wildman–Crippen MR) is 104 cm³/mol. The van der Waals surface area contributed by atoms with Crippen LogP contribution in [-0.4, -0.2) is 36.2 Å². The van der Waals surface area contributed by atoms with E-state index in [0.717, 1.165) is 21.8 Å². The van der Waals surface area contributed by atoms with E-state index in [-0.39, 0.29) is 5.69 Å². The first-order chi connectivity index (χ1) is 12.6. The van der Waals surface area contributed by atoms with E-state index in [0.29, 0.717) is 10.8 Å². The van der Waals surface area contributed by atoms with Gasteiger partial charge in [0.05, 0.1) is 30.6 Å². The zero-order valence-electron chi connectivity index (χ0n) is 14.5. The van der Waals surface area contributed by atoms with Crippen molar-refractivity contribution >= 4 is 29.3 Å². The Kier molecular flexibility index (Phi) is 5.54. The van der Waals surface area contributed by atoms with Crippen LogP contribution in [0.15, 0.2) is 53.4 Å². The van der Waals surface area contributed by atoms with Gasteiger partial charge in [-0.05, 0) is 36.6 Å². The summed E-state index contributed by atoms with van der Waals surface area (Å²) in [6.45, 7) is 0. The maximum atomic E-state index is 12.0.